The first-order valence-corrected chi connectivity index (χ1v) is 6.37. The topological polar surface area (TPSA) is 99.6 Å². The number of furan rings is 1. The third kappa shape index (κ3) is 2.67. The van der Waals surface area contributed by atoms with Gasteiger partial charge in [0.25, 0.3) is 11.8 Å². The summed E-state index contributed by atoms with van der Waals surface area (Å²) in [4.78, 5) is 11.8. The number of hydrogen-bond donors (Lipinski definition) is 1. The third-order valence-electron chi connectivity index (χ3n) is 2.30. The highest BCUT2D eigenvalue weighted by Gasteiger charge is 2.19. The van der Waals surface area contributed by atoms with Gasteiger partial charge in [0.05, 0.1) is 0 Å². The van der Waals surface area contributed by atoms with Crippen LogP contribution in [0.15, 0.2) is 37.7 Å². The van der Waals surface area contributed by atoms with Crippen LogP contribution < -0.4 is 5.32 Å². The molecule has 1 N–H and O–H groups in total. The largest absolute Gasteiger partial charge is 0.494 e. The molecule has 8 nitrogen and oxygen atoms in total. The summed E-state index contributed by atoms with van der Waals surface area (Å²) in [5.41, 5.74) is 0. The summed E-state index contributed by atoms with van der Waals surface area (Å²) in [6.45, 7) is 0.726. The number of halogens is 1. The number of hydrogen-bond acceptors (Lipinski definition) is 7. The molecule has 0 radical (unpaired) electrons. The first-order chi connectivity index (χ1) is 9.72. The van der Waals surface area contributed by atoms with Gasteiger partial charge in [0, 0.05) is 0 Å². The highest BCUT2D eigenvalue weighted by molar-refractivity contribution is 9.10. The Hall–Kier alpha value is -2.29. The first-order valence-electron chi connectivity index (χ1n) is 5.57. The Morgan fingerprint density at radius 1 is 1.25 bits per heavy atom. The molecule has 1 aliphatic rings. The minimum atomic E-state index is -0.527. The van der Waals surface area contributed by atoms with Crippen molar-refractivity contribution in [1.82, 2.24) is 10.2 Å². The van der Waals surface area contributed by atoms with Crippen LogP contribution in [-0.4, -0.2) is 29.3 Å². The second kappa shape index (κ2) is 5.37. The molecule has 20 heavy (non-hydrogen) atoms. The van der Waals surface area contributed by atoms with E-state index in [0.29, 0.717) is 23.6 Å². The fourth-order valence-electron chi connectivity index (χ4n) is 1.45. The highest BCUT2D eigenvalue weighted by atomic mass is 79.9. The summed E-state index contributed by atoms with van der Waals surface area (Å²) >= 11 is 3.16. The zero-order valence-corrected chi connectivity index (χ0v) is 11.5. The molecule has 0 saturated heterocycles. The Labute approximate surface area is 120 Å². The van der Waals surface area contributed by atoms with Crippen molar-refractivity contribution in [3.8, 4) is 11.7 Å². The minimum absolute atomic E-state index is 0.0525. The molecule has 0 spiro atoms. The van der Waals surface area contributed by atoms with Gasteiger partial charge in [-0.3, -0.25) is 10.1 Å². The van der Waals surface area contributed by atoms with Crippen LogP contribution in [-0.2, 0) is 14.3 Å². The van der Waals surface area contributed by atoms with Gasteiger partial charge in [0.15, 0.2) is 10.4 Å². The summed E-state index contributed by atoms with van der Waals surface area (Å²) in [6.07, 6.45) is 1.24. The molecule has 1 aliphatic heterocycles. The van der Waals surface area contributed by atoms with Crippen LogP contribution in [0.1, 0.15) is 0 Å². The zero-order valence-electron chi connectivity index (χ0n) is 9.96. The summed E-state index contributed by atoms with van der Waals surface area (Å²) < 4.78 is 21.1. The van der Waals surface area contributed by atoms with Crippen molar-refractivity contribution >= 4 is 27.9 Å². The lowest BCUT2D eigenvalue weighted by Crippen LogP contribution is -2.21. The highest BCUT2D eigenvalue weighted by Crippen LogP contribution is 2.25. The molecule has 0 bridgehead atoms. The Morgan fingerprint density at radius 3 is 2.85 bits per heavy atom. The number of amides is 1. The number of carbonyl (C=O) groups is 1. The molecule has 104 valence electrons. The van der Waals surface area contributed by atoms with E-state index in [4.69, 9.17) is 18.3 Å². The van der Waals surface area contributed by atoms with E-state index >= 15 is 0 Å². The lowest BCUT2D eigenvalue weighted by molar-refractivity contribution is -0.117. The fraction of sp³-hybridized carbons (Fsp3) is 0.182. The average molecular weight is 342 g/mol. The summed E-state index contributed by atoms with van der Waals surface area (Å²) in [5.74, 6) is 0.0689. The van der Waals surface area contributed by atoms with Gasteiger partial charge in [-0.15, -0.1) is 5.10 Å². The number of carbonyl (C=O) groups excluding carboxylic acids is 1. The van der Waals surface area contributed by atoms with Crippen LogP contribution in [0.5, 0.6) is 0 Å². The SMILES string of the molecule is O=C(Nc1nnc(-c2ccc(Br)o2)o1)C1=COCCO1. The quantitative estimate of drug-likeness (QED) is 0.909. The van der Waals surface area contributed by atoms with Gasteiger partial charge in [-0.2, -0.15) is 0 Å². The second-order valence-corrected chi connectivity index (χ2v) is 4.45. The van der Waals surface area contributed by atoms with Gasteiger partial charge in [0.2, 0.25) is 5.76 Å². The summed E-state index contributed by atoms with van der Waals surface area (Å²) in [5, 5.41) is 9.85. The van der Waals surface area contributed by atoms with Crippen LogP contribution >= 0.6 is 15.9 Å². The maximum absolute atomic E-state index is 11.8. The molecule has 0 fully saturated rings. The lowest BCUT2D eigenvalue weighted by atomic mass is 10.4. The molecule has 0 aliphatic carbocycles. The summed E-state index contributed by atoms with van der Waals surface area (Å²) in [6, 6.07) is 3.28. The molecular weight excluding hydrogens is 334 g/mol. The predicted molar refractivity (Wildman–Crippen MR) is 68.3 cm³/mol. The maximum Gasteiger partial charge on any atom is 0.323 e. The molecule has 9 heteroatoms. The van der Waals surface area contributed by atoms with Crippen LogP contribution in [0, 0.1) is 0 Å². The van der Waals surface area contributed by atoms with E-state index in [0.717, 1.165) is 0 Å². The maximum atomic E-state index is 11.8. The smallest absolute Gasteiger partial charge is 0.323 e. The molecule has 0 saturated carbocycles. The monoisotopic (exact) mass is 341 g/mol. The van der Waals surface area contributed by atoms with Gasteiger partial charge in [-0.05, 0) is 28.1 Å². The van der Waals surface area contributed by atoms with Crippen molar-refractivity contribution in [2.75, 3.05) is 18.5 Å². The molecule has 2 aromatic rings. The second-order valence-electron chi connectivity index (χ2n) is 3.67. The van der Waals surface area contributed by atoms with Crippen molar-refractivity contribution in [3.05, 3.63) is 28.8 Å². The Bertz CT molecular complexity index is 663. The van der Waals surface area contributed by atoms with Crippen molar-refractivity contribution in [2.24, 2.45) is 0 Å². The Kier molecular flexibility index (Phi) is 3.42. The Balaban J connectivity index is 1.71. The van der Waals surface area contributed by atoms with Gasteiger partial charge in [-0.25, -0.2) is 0 Å². The van der Waals surface area contributed by atoms with E-state index in [1.807, 2.05) is 0 Å². The minimum Gasteiger partial charge on any atom is -0.494 e. The molecule has 1 amide bonds. The standard InChI is InChI=1S/C11H8BrN3O5/c12-8-2-1-6(19-8)10-14-15-11(20-10)13-9(16)7-5-17-3-4-18-7/h1-2,5H,3-4H2,(H,13,15,16). The number of ether oxygens (including phenoxy) is 2. The molecular formula is C11H8BrN3O5. The van der Waals surface area contributed by atoms with Crippen LogP contribution in [0.2, 0.25) is 0 Å². The van der Waals surface area contributed by atoms with E-state index in [1.54, 1.807) is 12.1 Å². The van der Waals surface area contributed by atoms with Crippen LogP contribution in [0.3, 0.4) is 0 Å². The Morgan fingerprint density at radius 2 is 2.15 bits per heavy atom. The van der Waals surface area contributed by atoms with Crippen LogP contribution in [0.25, 0.3) is 11.7 Å². The molecule has 2 aromatic heterocycles. The first kappa shape index (κ1) is 12.7. The number of rotatable bonds is 3. The number of nitrogens with zero attached hydrogens (tertiary/aromatic N) is 2. The van der Waals surface area contributed by atoms with E-state index in [1.165, 1.54) is 6.26 Å². The number of nitrogens with one attached hydrogen (secondary N) is 1. The molecule has 0 atom stereocenters. The fourth-order valence-corrected chi connectivity index (χ4v) is 1.76. The average Bonchev–Trinajstić information content (AvgIpc) is 3.09. The molecule has 3 heterocycles. The van der Waals surface area contributed by atoms with Gasteiger partial charge in [-0.1, -0.05) is 5.10 Å². The van der Waals surface area contributed by atoms with Gasteiger partial charge >= 0.3 is 6.01 Å². The normalized spacial score (nSPS) is 14.2. The lowest BCUT2D eigenvalue weighted by Gasteiger charge is -2.13. The van der Waals surface area contributed by atoms with Crippen molar-refractivity contribution in [1.29, 1.82) is 0 Å². The van der Waals surface area contributed by atoms with E-state index in [2.05, 4.69) is 31.4 Å². The van der Waals surface area contributed by atoms with Crippen molar-refractivity contribution in [2.45, 2.75) is 0 Å². The van der Waals surface area contributed by atoms with Crippen molar-refractivity contribution < 1.29 is 23.1 Å². The number of anilines is 1. The van der Waals surface area contributed by atoms with Crippen molar-refractivity contribution in [3.63, 3.8) is 0 Å². The van der Waals surface area contributed by atoms with Crippen LogP contribution in [0.4, 0.5) is 6.01 Å². The zero-order chi connectivity index (χ0) is 13.9. The molecule has 0 unspecified atom stereocenters. The van der Waals surface area contributed by atoms with E-state index in [-0.39, 0.29) is 17.7 Å². The molecule has 3 rings (SSSR count). The van der Waals surface area contributed by atoms with E-state index in [9.17, 15) is 4.79 Å². The van der Waals surface area contributed by atoms with E-state index < -0.39 is 5.91 Å². The third-order valence-corrected chi connectivity index (χ3v) is 2.73. The van der Waals surface area contributed by atoms with Gasteiger partial charge < -0.3 is 18.3 Å². The van der Waals surface area contributed by atoms with Gasteiger partial charge in [0.1, 0.15) is 19.5 Å². The number of aromatic nitrogens is 2. The predicted octanol–water partition coefficient (Wildman–Crippen LogP) is 1.92. The summed E-state index contributed by atoms with van der Waals surface area (Å²) in [7, 11) is 0. The molecule has 0 aromatic carbocycles.